The van der Waals surface area contributed by atoms with Gasteiger partial charge in [0.25, 0.3) is 0 Å². The summed E-state index contributed by atoms with van der Waals surface area (Å²) in [6.07, 6.45) is 5.41. The second kappa shape index (κ2) is 7.66. The van der Waals surface area contributed by atoms with Crippen LogP contribution in [0.15, 0.2) is 36.7 Å². The van der Waals surface area contributed by atoms with Gasteiger partial charge < -0.3 is 10.4 Å². The molecule has 9 nitrogen and oxygen atoms in total. The normalized spacial score (nSPS) is 18.3. The van der Waals surface area contributed by atoms with Crippen molar-refractivity contribution in [3.63, 3.8) is 0 Å². The summed E-state index contributed by atoms with van der Waals surface area (Å²) >= 11 is 0. The number of aromatic nitrogens is 7. The van der Waals surface area contributed by atoms with Crippen LogP contribution in [0.25, 0.3) is 33.5 Å². The first kappa shape index (κ1) is 20.2. The van der Waals surface area contributed by atoms with Crippen LogP contribution >= 0.6 is 12.4 Å². The molecular formula is C20H23ClN8O. The van der Waals surface area contributed by atoms with Crippen LogP contribution < -0.4 is 5.32 Å². The van der Waals surface area contributed by atoms with Crippen molar-refractivity contribution < 1.29 is 5.11 Å². The van der Waals surface area contributed by atoms with Crippen molar-refractivity contribution in [3.05, 3.63) is 36.7 Å². The van der Waals surface area contributed by atoms with Gasteiger partial charge in [0.2, 0.25) is 5.65 Å². The van der Waals surface area contributed by atoms with Crippen molar-refractivity contribution in [1.29, 1.82) is 0 Å². The predicted octanol–water partition coefficient (Wildman–Crippen LogP) is 3.11. The molecule has 1 saturated heterocycles. The van der Waals surface area contributed by atoms with E-state index in [1.807, 2.05) is 22.9 Å². The Kier molecular flexibility index (Phi) is 5.17. The molecule has 156 valence electrons. The molecule has 1 unspecified atom stereocenters. The van der Waals surface area contributed by atoms with E-state index in [1.165, 1.54) is 0 Å². The molecule has 1 atom stereocenters. The number of nitrogens with zero attached hydrogens (tertiary/aromatic N) is 6. The third kappa shape index (κ3) is 3.61. The van der Waals surface area contributed by atoms with Gasteiger partial charge in [-0.25, -0.2) is 4.68 Å². The number of H-pyrrole nitrogens is 1. The van der Waals surface area contributed by atoms with Crippen LogP contribution in [0.1, 0.15) is 32.7 Å². The van der Waals surface area contributed by atoms with Crippen LogP contribution in [0.5, 0.6) is 5.75 Å². The molecule has 0 spiro atoms. The summed E-state index contributed by atoms with van der Waals surface area (Å²) in [6, 6.07) is 7.50. The number of hydrogen-bond donors (Lipinski definition) is 3. The second-order valence-electron chi connectivity index (χ2n) is 8.15. The zero-order valence-corrected chi connectivity index (χ0v) is 17.5. The van der Waals surface area contributed by atoms with Gasteiger partial charge in [0, 0.05) is 22.9 Å². The molecule has 4 aromatic rings. The van der Waals surface area contributed by atoms with Gasteiger partial charge in [0.05, 0.1) is 17.9 Å². The monoisotopic (exact) mass is 426 g/mol. The van der Waals surface area contributed by atoms with E-state index in [1.54, 1.807) is 18.5 Å². The van der Waals surface area contributed by atoms with Crippen LogP contribution in [0.3, 0.4) is 0 Å². The third-order valence-electron chi connectivity index (χ3n) is 5.50. The molecule has 10 heteroatoms. The van der Waals surface area contributed by atoms with E-state index in [-0.39, 0.29) is 29.7 Å². The van der Waals surface area contributed by atoms with Gasteiger partial charge in [0.15, 0.2) is 0 Å². The maximum absolute atomic E-state index is 10.5. The molecule has 0 saturated carbocycles. The average molecular weight is 427 g/mol. The molecule has 1 aliphatic heterocycles. The van der Waals surface area contributed by atoms with Gasteiger partial charge >= 0.3 is 0 Å². The maximum Gasteiger partial charge on any atom is 0.201 e. The molecule has 5 rings (SSSR count). The third-order valence-corrected chi connectivity index (χ3v) is 5.50. The molecule has 1 aromatic carbocycles. The Hall–Kier alpha value is -3.04. The molecule has 30 heavy (non-hydrogen) atoms. The first-order valence-electron chi connectivity index (χ1n) is 9.66. The molecule has 1 fully saturated rings. The second-order valence-corrected chi connectivity index (χ2v) is 8.15. The number of rotatable bonds is 3. The van der Waals surface area contributed by atoms with Gasteiger partial charge in [-0.2, -0.15) is 5.10 Å². The molecule has 0 radical (unpaired) electrons. The fourth-order valence-electron chi connectivity index (χ4n) is 4.01. The largest absolute Gasteiger partial charge is 0.507 e. The average Bonchev–Trinajstić information content (AvgIpc) is 3.37. The Bertz CT molecular complexity index is 1170. The number of phenols is 1. The van der Waals surface area contributed by atoms with Crippen LogP contribution in [0.4, 0.5) is 0 Å². The lowest BCUT2D eigenvalue weighted by Crippen LogP contribution is -2.46. The van der Waals surface area contributed by atoms with Crippen LogP contribution in [-0.4, -0.2) is 52.6 Å². The highest BCUT2D eigenvalue weighted by molar-refractivity contribution is 5.85. The molecule has 4 heterocycles. The minimum absolute atomic E-state index is 0. The number of nitrogens with one attached hydrogen (secondary N) is 2. The van der Waals surface area contributed by atoms with Gasteiger partial charge in [-0.3, -0.25) is 5.10 Å². The van der Waals surface area contributed by atoms with Crippen molar-refractivity contribution in [1.82, 2.24) is 40.7 Å². The highest BCUT2D eigenvalue weighted by Crippen LogP contribution is 2.33. The molecule has 1 aliphatic rings. The number of phenolic OH excluding ortho intramolecular Hbond substituents is 1. The molecule has 3 aromatic heterocycles. The van der Waals surface area contributed by atoms with E-state index in [0.29, 0.717) is 22.4 Å². The fraction of sp³-hybridized carbons (Fsp3) is 0.350. The number of hydrogen-bond acceptors (Lipinski definition) is 7. The van der Waals surface area contributed by atoms with Crippen molar-refractivity contribution in [2.24, 2.45) is 0 Å². The summed E-state index contributed by atoms with van der Waals surface area (Å²) in [5.41, 5.74) is 4.33. The fourth-order valence-corrected chi connectivity index (χ4v) is 4.01. The number of halogens is 1. The summed E-state index contributed by atoms with van der Waals surface area (Å²) in [7, 11) is 0. The van der Waals surface area contributed by atoms with Gasteiger partial charge in [-0.15, -0.1) is 27.7 Å². The molecule has 0 bridgehead atoms. The highest BCUT2D eigenvalue weighted by Gasteiger charge is 2.30. The van der Waals surface area contributed by atoms with Crippen molar-refractivity contribution in [2.45, 2.75) is 38.3 Å². The van der Waals surface area contributed by atoms with Crippen LogP contribution in [0, 0.1) is 0 Å². The standard InChI is InChI=1S/C20H22N8O.ClH/c1-20(2)9-14(5-6-21-20)28-19-17(25-27-28)8-16(24-26-19)15-4-3-12(7-18(15)29)13-10-22-23-11-13;/h3-4,7-8,10-11,14,21,29H,5-6,9H2,1-2H3,(H,22,23);1H. The summed E-state index contributed by atoms with van der Waals surface area (Å²) in [4.78, 5) is 0. The molecule has 0 amide bonds. The highest BCUT2D eigenvalue weighted by atomic mass is 35.5. The Morgan fingerprint density at radius 3 is 2.73 bits per heavy atom. The quantitative estimate of drug-likeness (QED) is 0.460. The Labute approximate surface area is 179 Å². The van der Waals surface area contributed by atoms with E-state index in [9.17, 15) is 5.11 Å². The Balaban J connectivity index is 0.00000218. The lowest BCUT2D eigenvalue weighted by Gasteiger charge is -2.36. The lowest BCUT2D eigenvalue weighted by atomic mass is 9.89. The van der Waals surface area contributed by atoms with E-state index in [0.717, 1.165) is 30.5 Å². The smallest absolute Gasteiger partial charge is 0.201 e. The van der Waals surface area contributed by atoms with Crippen molar-refractivity contribution in [3.8, 4) is 28.1 Å². The van der Waals surface area contributed by atoms with Crippen LogP contribution in [-0.2, 0) is 0 Å². The molecule has 0 aliphatic carbocycles. The SMILES string of the molecule is CC1(C)CC(n2nnc3cc(-c4ccc(-c5cn[nH]c5)cc4O)nnc32)CCN1.Cl. The number of aromatic amines is 1. The van der Waals surface area contributed by atoms with Gasteiger partial charge in [0.1, 0.15) is 11.3 Å². The minimum Gasteiger partial charge on any atom is -0.507 e. The minimum atomic E-state index is 0. The topological polar surface area (TPSA) is 117 Å². The Morgan fingerprint density at radius 1 is 1.13 bits per heavy atom. The zero-order chi connectivity index (χ0) is 20.0. The lowest BCUT2D eigenvalue weighted by molar-refractivity contribution is 0.222. The number of aromatic hydroxyl groups is 1. The maximum atomic E-state index is 10.5. The summed E-state index contributed by atoms with van der Waals surface area (Å²) < 4.78 is 1.89. The van der Waals surface area contributed by atoms with Gasteiger partial charge in [-0.05, 0) is 57.0 Å². The first-order chi connectivity index (χ1) is 14.0. The van der Waals surface area contributed by atoms with Crippen LogP contribution in [0.2, 0.25) is 0 Å². The van der Waals surface area contributed by atoms with E-state index in [4.69, 9.17) is 0 Å². The van der Waals surface area contributed by atoms with Crippen molar-refractivity contribution in [2.75, 3.05) is 6.54 Å². The van der Waals surface area contributed by atoms with E-state index < -0.39 is 0 Å². The molecule has 3 N–H and O–H groups in total. The molecular weight excluding hydrogens is 404 g/mol. The summed E-state index contributed by atoms with van der Waals surface area (Å²) in [5.74, 6) is 0.129. The predicted molar refractivity (Wildman–Crippen MR) is 115 cm³/mol. The number of benzene rings is 1. The van der Waals surface area contributed by atoms with E-state index >= 15 is 0 Å². The summed E-state index contributed by atoms with van der Waals surface area (Å²) in [5, 5.41) is 38.2. The summed E-state index contributed by atoms with van der Waals surface area (Å²) in [6.45, 7) is 5.32. The Morgan fingerprint density at radius 2 is 2.00 bits per heavy atom. The van der Waals surface area contributed by atoms with Crippen molar-refractivity contribution >= 4 is 23.6 Å². The number of piperidine rings is 1. The van der Waals surface area contributed by atoms with Gasteiger partial charge in [-0.1, -0.05) is 11.3 Å². The first-order valence-corrected chi connectivity index (χ1v) is 9.66. The van der Waals surface area contributed by atoms with E-state index in [2.05, 4.69) is 49.9 Å². The zero-order valence-electron chi connectivity index (χ0n) is 16.7. The number of fused-ring (bicyclic) bond motifs is 1.